The Morgan fingerprint density at radius 3 is 1.08 bits per heavy atom. The van der Waals surface area contributed by atoms with Crippen LogP contribution in [0.5, 0.6) is 0 Å². The smallest absolute Gasteiger partial charge is 0.120 e. The minimum absolute atomic E-state index is 0.530. The molecule has 0 atom stereocenters. The maximum atomic E-state index is 9.62. The van der Waals surface area contributed by atoms with Crippen LogP contribution in [-0.4, -0.2) is 12.6 Å². The van der Waals surface area contributed by atoms with Crippen LogP contribution in [0.25, 0.3) is 0 Å². The third-order valence-electron chi connectivity index (χ3n) is 1.14. The fraction of sp³-hybridized carbons (Fsp3) is 0.800. The predicted octanol–water partition coefficient (Wildman–Crippen LogP) is 2.46. The highest BCUT2D eigenvalue weighted by Crippen LogP contribution is 1.93. The highest BCUT2D eigenvalue weighted by atomic mass is 16.1. The molecule has 12 heavy (non-hydrogen) atoms. The van der Waals surface area contributed by atoms with Crippen molar-refractivity contribution in [2.24, 2.45) is 11.8 Å². The highest BCUT2D eigenvalue weighted by molar-refractivity contribution is 5.49. The van der Waals surface area contributed by atoms with Crippen molar-refractivity contribution in [1.29, 1.82) is 0 Å². The maximum absolute atomic E-state index is 9.62. The number of carbonyl (C=O) groups is 2. The third-order valence-corrected chi connectivity index (χ3v) is 1.14. The Kier molecular flexibility index (Phi) is 12.0. The number of hydrogen-bond acceptors (Lipinski definition) is 2. The van der Waals surface area contributed by atoms with Crippen LogP contribution in [0.4, 0.5) is 0 Å². The van der Waals surface area contributed by atoms with Gasteiger partial charge in [-0.25, -0.2) is 0 Å². The Morgan fingerprint density at radius 1 is 0.833 bits per heavy atom. The number of aldehydes is 2. The first-order chi connectivity index (χ1) is 5.54. The first-order valence-corrected chi connectivity index (χ1v) is 4.41. The van der Waals surface area contributed by atoms with Gasteiger partial charge < -0.3 is 9.59 Å². The molecule has 0 spiro atoms. The van der Waals surface area contributed by atoms with E-state index in [9.17, 15) is 9.59 Å². The Labute approximate surface area is 75.4 Å². The molecule has 0 aromatic carbocycles. The molecule has 72 valence electrons. The molecule has 0 aliphatic rings. The van der Waals surface area contributed by atoms with Crippen LogP contribution in [0.2, 0.25) is 0 Å². The molecule has 0 rings (SSSR count). The van der Waals surface area contributed by atoms with Gasteiger partial charge in [-0.05, 0) is 11.8 Å². The standard InChI is InChI=1S/2C5H10O/c2*1-5(2)3-4-6/h2*4-5H,3H2,1-2H3. The van der Waals surface area contributed by atoms with Crippen LogP contribution in [-0.2, 0) is 9.59 Å². The molecule has 2 nitrogen and oxygen atoms in total. The largest absolute Gasteiger partial charge is 0.303 e. The second-order valence-electron chi connectivity index (χ2n) is 3.59. The van der Waals surface area contributed by atoms with E-state index in [-0.39, 0.29) is 0 Å². The van der Waals surface area contributed by atoms with Gasteiger partial charge in [0.2, 0.25) is 0 Å². The summed E-state index contributed by atoms with van der Waals surface area (Å²) in [5.74, 6) is 1.06. The molecular formula is C10H20O2. The van der Waals surface area contributed by atoms with Crippen LogP contribution < -0.4 is 0 Å². The predicted molar refractivity (Wildman–Crippen MR) is 51.0 cm³/mol. The van der Waals surface area contributed by atoms with Gasteiger partial charge in [-0.1, -0.05) is 27.7 Å². The van der Waals surface area contributed by atoms with Crippen LogP contribution in [0.1, 0.15) is 40.5 Å². The Hall–Kier alpha value is -0.660. The molecule has 0 bridgehead atoms. The Bertz CT molecular complexity index is 92.4. The summed E-state index contributed by atoms with van der Waals surface area (Å²) in [6.07, 6.45) is 3.29. The highest BCUT2D eigenvalue weighted by Gasteiger charge is 1.86. The molecule has 0 saturated heterocycles. The van der Waals surface area contributed by atoms with E-state index in [0.717, 1.165) is 12.6 Å². The van der Waals surface area contributed by atoms with E-state index in [1.54, 1.807) is 0 Å². The van der Waals surface area contributed by atoms with Crippen molar-refractivity contribution in [1.82, 2.24) is 0 Å². The molecule has 0 saturated carbocycles. The average molecular weight is 172 g/mol. The lowest BCUT2D eigenvalue weighted by atomic mass is 10.2. The SMILES string of the molecule is CC(C)CC=O.CC(C)CC=O. The minimum Gasteiger partial charge on any atom is -0.303 e. The molecular weight excluding hydrogens is 152 g/mol. The van der Waals surface area contributed by atoms with Gasteiger partial charge in [0.15, 0.2) is 0 Å². The Balaban J connectivity index is 0. The molecule has 0 aromatic rings. The molecule has 0 amide bonds. The minimum atomic E-state index is 0.530. The van der Waals surface area contributed by atoms with E-state index in [1.807, 2.05) is 27.7 Å². The van der Waals surface area contributed by atoms with E-state index >= 15 is 0 Å². The van der Waals surface area contributed by atoms with Gasteiger partial charge in [-0.15, -0.1) is 0 Å². The summed E-state index contributed by atoms with van der Waals surface area (Å²) in [5, 5.41) is 0. The quantitative estimate of drug-likeness (QED) is 0.610. The second kappa shape index (κ2) is 10.3. The Morgan fingerprint density at radius 2 is 1.08 bits per heavy atom. The zero-order chi connectivity index (χ0) is 9.98. The van der Waals surface area contributed by atoms with Crippen molar-refractivity contribution in [3.05, 3.63) is 0 Å². The molecule has 0 unspecified atom stereocenters. The van der Waals surface area contributed by atoms with E-state index in [0.29, 0.717) is 24.7 Å². The lowest BCUT2D eigenvalue weighted by molar-refractivity contribution is -0.109. The van der Waals surface area contributed by atoms with Crippen LogP contribution in [0, 0.1) is 11.8 Å². The van der Waals surface area contributed by atoms with Crippen LogP contribution >= 0.6 is 0 Å². The molecule has 0 aromatic heterocycles. The summed E-state index contributed by atoms with van der Waals surface area (Å²) in [5.41, 5.74) is 0. The first kappa shape index (κ1) is 13.9. The van der Waals surface area contributed by atoms with E-state index < -0.39 is 0 Å². The van der Waals surface area contributed by atoms with Gasteiger partial charge in [0.1, 0.15) is 12.6 Å². The van der Waals surface area contributed by atoms with Gasteiger partial charge in [-0.2, -0.15) is 0 Å². The number of hydrogen-bond donors (Lipinski definition) is 0. The van der Waals surface area contributed by atoms with Crippen molar-refractivity contribution < 1.29 is 9.59 Å². The van der Waals surface area contributed by atoms with Crippen molar-refractivity contribution in [2.75, 3.05) is 0 Å². The van der Waals surface area contributed by atoms with Crippen molar-refractivity contribution in [3.8, 4) is 0 Å². The van der Waals surface area contributed by atoms with E-state index in [4.69, 9.17) is 0 Å². The number of rotatable bonds is 4. The fourth-order valence-corrected chi connectivity index (χ4v) is 0.385. The van der Waals surface area contributed by atoms with Crippen molar-refractivity contribution in [2.45, 2.75) is 40.5 Å². The van der Waals surface area contributed by atoms with E-state index in [1.165, 1.54) is 0 Å². The maximum Gasteiger partial charge on any atom is 0.120 e. The topological polar surface area (TPSA) is 34.1 Å². The molecule has 0 aliphatic carbocycles. The first-order valence-electron chi connectivity index (χ1n) is 4.41. The summed E-state index contributed by atoms with van der Waals surface area (Å²) in [6, 6.07) is 0. The van der Waals surface area contributed by atoms with Gasteiger partial charge in [-0.3, -0.25) is 0 Å². The lowest BCUT2D eigenvalue weighted by Gasteiger charge is -1.89. The molecule has 0 N–H and O–H groups in total. The van der Waals surface area contributed by atoms with Crippen LogP contribution in [0.15, 0.2) is 0 Å². The number of carbonyl (C=O) groups excluding carboxylic acids is 2. The molecule has 0 fully saturated rings. The molecule has 0 heterocycles. The van der Waals surface area contributed by atoms with E-state index in [2.05, 4.69) is 0 Å². The molecule has 2 heteroatoms. The van der Waals surface area contributed by atoms with Gasteiger partial charge in [0.25, 0.3) is 0 Å². The second-order valence-corrected chi connectivity index (χ2v) is 3.59. The fourth-order valence-electron chi connectivity index (χ4n) is 0.385. The monoisotopic (exact) mass is 172 g/mol. The lowest BCUT2D eigenvalue weighted by Crippen LogP contribution is -1.84. The third kappa shape index (κ3) is 22.8. The summed E-state index contributed by atoms with van der Waals surface area (Å²) >= 11 is 0. The summed E-state index contributed by atoms with van der Waals surface area (Å²) in [4.78, 5) is 19.2. The van der Waals surface area contributed by atoms with Gasteiger partial charge >= 0.3 is 0 Å². The summed E-state index contributed by atoms with van der Waals surface area (Å²) in [6.45, 7) is 8.09. The summed E-state index contributed by atoms with van der Waals surface area (Å²) in [7, 11) is 0. The van der Waals surface area contributed by atoms with Gasteiger partial charge in [0.05, 0.1) is 0 Å². The van der Waals surface area contributed by atoms with Crippen molar-refractivity contribution in [3.63, 3.8) is 0 Å². The van der Waals surface area contributed by atoms with Crippen LogP contribution in [0.3, 0.4) is 0 Å². The zero-order valence-electron chi connectivity index (χ0n) is 8.54. The van der Waals surface area contributed by atoms with Crippen molar-refractivity contribution >= 4 is 12.6 Å². The molecule has 0 aliphatic heterocycles. The average Bonchev–Trinajstić information content (AvgIpc) is 1.87. The normalized spacial score (nSPS) is 9.17. The summed E-state index contributed by atoms with van der Waals surface area (Å²) < 4.78 is 0. The van der Waals surface area contributed by atoms with Gasteiger partial charge in [0, 0.05) is 12.8 Å². The zero-order valence-corrected chi connectivity index (χ0v) is 8.54. The molecule has 0 radical (unpaired) electrons.